The second kappa shape index (κ2) is 3.75. The molecule has 4 nitrogen and oxygen atoms in total. The van der Waals surface area contributed by atoms with Crippen LogP contribution in [0, 0.1) is 6.92 Å². The van der Waals surface area contributed by atoms with Crippen molar-refractivity contribution in [3.63, 3.8) is 0 Å². The zero-order valence-corrected chi connectivity index (χ0v) is 10.6. The van der Waals surface area contributed by atoms with Crippen molar-refractivity contribution >= 4 is 15.9 Å². The molecule has 2 rings (SSSR count). The molecule has 0 saturated heterocycles. The lowest BCUT2D eigenvalue weighted by molar-refractivity contribution is 0.517. The van der Waals surface area contributed by atoms with E-state index in [4.69, 9.17) is 0 Å². The first-order valence-corrected chi connectivity index (χ1v) is 6.62. The van der Waals surface area contributed by atoms with Crippen LogP contribution < -0.4 is 4.31 Å². The van der Waals surface area contributed by atoms with Crippen LogP contribution >= 0.6 is 0 Å². The molecule has 0 aromatic heterocycles. The van der Waals surface area contributed by atoms with E-state index >= 15 is 0 Å². The van der Waals surface area contributed by atoms with Crippen LogP contribution in [-0.2, 0) is 16.6 Å². The molecule has 88 valence electrons. The van der Waals surface area contributed by atoms with Crippen LogP contribution in [-0.4, -0.2) is 33.4 Å². The van der Waals surface area contributed by atoms with E-state index in [-0.39, 0.29) is 0 Å². The first-order valence-electron chi connectivity index (χ1n) is 5.22. The summed E-state index contributed by atoms with van der Waals surface area (Å²) in [5.41, 5.74) is 3.10. The molecule has 0 radical (unpaired) electrons. The van der Waals surface area contributed by atoms with Gasteiger partial charge in [-0.15, -0.1) is 0 Å². The predicted octanol–water partition coefficient (Wildman–Crippen LogP) is 1.16. The average Bonchev–Trinajstić information content (AvgIpc) is 2.60. The monoisotopic (exact) mass is 240 g/mol. The summed E-state index contributed by atoms with van der Waals surface area (Å²) >= 11 is 0. The van der Waals surface area contributed by atoms with Gasteiger partial charge in [-0.05, 0) is 25.0 Å². The molecular weight excluding hydrogens is 224 g/mol. The second-order valence-corrected chi connectivity index (χ2v) is 6.31. The Morgan fingerprint density at radius 1 is 1.31 bits per heavy atom. The molecule has 1 heterocycles. The third kappa shape index (κ3) is 1.70. The van der Waals surface area contributed by atoms with Crippen LogP contribution in [0.4, 0.5) is 5.69 Å². The van der Waals surface area contributed by atoms with E-state index in [9.17, 15) is 8.42 Å². The van der Waals surface area contributed by atoms with E-state index in [1.54, 1.807) is 14.1 Å². The van der Waals surface area contributed by atoms with Gasteiger partial charge in [0.1, 0.15) is 0 Å². The molecule has 1 aromatic carbocycles. The molecule has 0 spiro atoms. The molecule has 0 unspecified atom stereocenters. The van der Waals surface area contributed by atoms with E-state index in [0.29, 0.717) is 6.54 Å². The van der Waals surface area contributed by atoms with Crippen molar-refractivity contribution in [3.05, 3.63) is 29.3 Å². The number of hydrogen-bond donors (Lipinski definition) is 0. The lowest BCUT2D eigenvalue weighted by Crippen LogP contribution is -2.38. The fourth-order valence-corrected chi connectivity index (χ4v) is 3.08. The molecule has 1 aliphatic heterocycles. The van der Waals surface area contributed by atoms with Crippen molar-refractivity contribution in [2.75, 3.05) is 24.9 Å². The lowest BCUT2D eigenvalue weighted by Gasteiger charge is -2.23. The smallest absolute Gasteiger partial charge is 0.257 e. The Labute approximate surface area is 96.7 Å². The Hall–Kier alpha value is -1.07. The summed E-state index contributed by atoms with van der Waals surface area (Å²) in [6.07, 6.45) is 0.796. The van der Waals surface area contributed by atoms with Gasteiger partial charge < -0.3 is 0 Å². The van der Waals surface area contributed by atoms with Gasteiger partial charge >= 0.3 is 10.2 Å². The fraction of sp³-hybridized carbons (Fsp3) is 0.455. The molecule has 5 heteroatoms. The highest BCUT2D eigenvalue weighted by molar-refractivity contribution is 7.90. The number of rotatable bonds is 2. The molecule has 0 N–H and O–H groups in total. The van der Waals surface area contributed by atoms with Crippen molar-refractivity contribution in [3.8, 4) is 0 Å². The van der Waals surface area contributed by atoms with E-state index in [1.807, 2.05) is 19.1 Å². The van der Waals surface area contributed by atoms with Crippen molar-refractivity contribution in [2.45, 2.75) is 13.3 Å². The molecular formula is C11H16N2O2S. The van der Waals surface area contributed by atoms with Crippen molar-refractivity contribution in [2.24, 2.45) is 0 Å². The van der Waals surface area contributed by atoms with Gasteiger partial charge in [0.05, 0.1) is 5.69 Å². The largest absolute Gasteiger partial charge is 0.303 e. The van der Waals surface area contributed by atoms with Gasteiger partial charge in [0.15, 0.2) is 0 Å². The van der Waals surface area contributed by atoms with Crippen LogP contribution in [0.1, 0.15) is 11.1 Å². The Bertz CT molecular complexity index is 509. The fourth-order valence-electron chi connectivity index (χ4n) is 1.94. The van der Waals surface area contributed by atoms with Crippen LogP contribution in [0.2, 0.25) is 0 Å². The summed E-state index contributed by atoms with van der Waals surface area (Å²) in [6, 6.07) is 5.89. The van der Waals surface area contributed by atoms with Crippen LogP contribution in [0.15, 0.2) is 18.2 Å². The summed E-state index contributed by atoms with van der Waals surface area (Å²) in [6.45, 7) is 2.56. The highest BCUT2D eigenvalue weighted by atomic mass is 32.2. The normalized spacial score (nSPS) is 15.6. The van der Waals surface area contributed by atoms with E-state index in [1.165, 1.54) is 14.2 Å². The SMILES string of the molecule is Cc1ccc2c(c1)CCN2S(=O)(=O)N(C)C. The van der Waals surface area contributed by atoms with Gasteiger partial charge in [-0.3, -0.25) is 4.31 Å². The minimum absolute atomic E-state index is 0.541. The van der Waals surface area contributed by atoms with Crippen LogP contribution in [0.5, 0.6) is 0 Å². The minimum atomic E-state index is -3.34. The number of anilines is 1. The quantitative estimate of drug-likeness (QED) is 0.778. The number of fused-ring (bicyclic) bond motifs is 1. The van der Waals surface area contributed by atoms with Crippen molar-refractivity contribution < 1.29 is 8.42 Å². The topological polar surface area (TPSA) is 40.6 Å². The standard InChI is InChI=1S/C11H16N2O2S/c1-9-4-5-11-10(8-9)6-7-13(11)16(14,15)12(2)3/h4-5,8H,6-7H2,1-3H3. The Morgan fingerprint density at radius 3 is 2.62 bits per heavy atom. The number of hydrogen-bond acceptors (Lipinski definition) is 2. The summed E-state index contributed by atoms with van der Waals surface area (Å²) in [5.74, 6) is 0. The van der Waals surface area contributed by atoms with Gasteiger partial charge in [0, 0.05) is 20.6 Å². The lowest BCUT2D eigenvalue weighted by atomic mass is 10.1. The molecule has 0 bridgehead atoms. The zero-order chi connectivity index (χ0) is 11.9. The van der Waals surface area contributed by atoms with Crippen LogP contribution in [0.3, 0.4) is 0 Å². The molecule has 16 heavy (non-hydrogen) atoms. The highest BCUT2D eigenvalue weighted by Gasteiger charge is 2.30. The number of nitrogens with zero attached hydrogens (tertiary/aromatic N) is 2. The molecule has 1 aromatic rings. The maximum Gasteiger partial charge on any atom is 0.303 e. The first-order chi connectivity index (χ1) is 7.43. The molecule has 0 fully saturated rings. The highest BCUT2D eigenvalue weighted by Crippen LogP contribution is 2.31. The third-order valence-corrected chi connectivity index (χ3v) is 4.69. The second-order valence-electron chi connectivity index (χ2n) is 4.24. The number of benzene rings is 1. The Kier molecular flexibility index (Phi) is 2.67. The zero-order valence-electron chi connectivity index (χ0n) is 9.77. The predicted molar refractivity (Wildman–Crippen MR) is 64.8 cm³/mol. The van der Waals surface area contributed by atoms with E-state index in [0.717, 1.165) is 17.7 Å². The van der Waals surface area contributed by atoms with E-state index < -0.39 is 10.2 Å². The van der Waals surface area contributed by atoms with Gasteiger partial charge in [-0.25, -0.2) is 0 Å². The third-order valence-electron chi connectivity index (χ3n) is 2.83. The average molecular weight is 240 g/mol. The Morgan fingerprint density at radius 2 is 2.00 bits per heavy atom. The maximum absolute atomic E-state index is 12.0. The first kappa shape index (κ1) is 11.4. The molecule has 0 atom stereocenters. The molecule has 1 aliphatic rings. The van der Waals surface area contributed by atoms with Gasteiger partial charge in [0.25, 0.3) is 0 Å². The van der Waals surface area contributed by atoms with Crippen LogP contribution in [0.25, 0.3) is 0 Å². The van der Waals surface area contributed by atoms with Crippen molar-refractivity contribution in [1.82, 2.24) is 4.31 Å². The Balaban J connectivity index is 2.46. The maximum atomic E-state index is 12.0. The minimum Gasteiger partial charge on any atom is -0.257 e. The van der Waals surface area contributed by atoms with Crippen molar-refractivity contribution in [1.29, 1.82) is 0 Å². The number of aryl methyl sites for hydroxylation is 1. The molecule has 0 amide bonds. The summed E-state index contributed by atoms with van der Waals surface area (Å²) in [7, 11) is -0.222. The molecule has 0 aliphatic carbocycles. The van der Waals surface area contributed by atoms with Gasteiger partial charge in [0.2, 0.25) is 0 Å². The summed E-state index contributed by atoms with van der Waals surface area (Å²) < 4.78 is 26.8. The van der Waals surface area contributed by atoms with E-state index in [2.05, 4.69) is 6.07 Å². The summed E-state index contributed by atoms with van der Waals surface area (Å²) in [5, 5.41) is 0. The van der Waals surface area contributed by atoms with Gasteiger partial charge in [-0.2, -0.15) is 12.7 Å². The molecule has 0 saturated carbocycles. The summed E-state index contributed by atoms with van der Waals surface area (Å²) in [4.78, 5) is 0. The van der Waals surface area contributed by atoms with Gasteiger partial charge in [-0.1, -0.05) is 17.7 Å².